The normalized spacial score (nSPS) is 11.0. The molecule has 0 aliphatic rings. The highest BCUT2D eigenvalue weighted by molar-refractivity contribution is 8.03. The van der Waals surface area contributed by atoms with E-state index in [1.165, 1.54) is 61.5 Å². The lowest BCUT2D eigenvalue weighted by Gasteiger charge is -2.09. The number of para-hydroxylation sites is 2. The van der Waals surface area contributed by atoms with E-state index in [-0.39, 0.29) is 23.3 Å². The molecular weight excluding hydrogens is 565 g/mol. The summed E-state index contributed by atoms with van der Waals surface area (Å²) >= 11 is 3.71. The van der Waals surface area contributed by atoms with Crippen LogP contribution in [0.15, 0.2) is 55.3 Å². The minimum Gasteiger partial charge on any atom is -0.493 e. The third-order valence-corrected chi connectivity index (χ3v) is 7.88. The summed E-state index contributed by atoms with van der Waals surface area (Å²) in [5, 5.41) is 16.0. The van der Waals surface area contributed by atoms with E-state index in [2.05, 4.69) is 31.3 Å². The Balaban J connectivity index is 1.41. The van der Waals surface area contributed by atoms with Crippen molar-refractivity contribution in [2.75, 3.05) is 39.9 Å². The van der Waals surface area contributed by atoms with Gasteiger partial charge in [-0.05, 0) is 24.3 Å². The van der Waals surface area contributed by atoms with Gasteiger partial charge in [0.15, 0.2) is 31.7 Å². The molecule has 3 aromatic rings. The Morgan fingerprint density at radius 2 is 1.21 bits per heavy atom. The predicted octanol–water partition coefficient (Wildman–Crippen LogP) is 3.06. The Labute approximate surface area is 237 Å². The van der Waals surface area contributed by atoms with Crippen LogP contribution < -0.4 is 29.8 Å². The number of nitrogens with zero attached hydrogens (tertiary/aromatic N) is 4. The van der Waals surface area contributed by atoms with Crippen LogP contribution >= 0.6 is 34.9 Å². The summed E-state index contributed by atoms with van der Waals surface area (Å²) in [6, 6.07) is 10.7. The molecule has 3 rings (SSSR count). The van der Waals surface area contributed by atoms with Gasteiger partial charge in [0.2, 0.25) is 0 Å². The van der Waals surface area contributed by atoms with Crippen LogP contribution in [0.3, 0.4) is 0 Å². The minimum atomic E-state index is -0.313. The van der Waals surface area contributed by atoms with Crippen LogP contribution in [0.5, 0.6) is 23.0 Å². The Kier molecular flexibility index (Phi) is 11.9. The van der Waals surface area contributed by atoms with Gasteiger partial charge in [0.05, 0.1) is 52.4 Å². The van der Waals surface area contributed by atoms with Gasteiger partial charge in [0.1, 0.15) is 0 Å². The second kappa shape index (κ2) is 15.6. The highest BCUT2D eigenvalue weighted by atomic mass is 32.2. The van der Waals surface area contributed by atoms with Crippen LogP contribution in [0.2, 0.25) is 0 Å². The molecule has 15 heteroatoms. The number of hydrazone groups is 2. The fourth-order valence-corrected chi connectivity index (χ4v) is 5.61. The highest BCUT2D eigenvalue weighted by Gasteiger charge is 2.12. The summed E-state index contributed by atoms with van der Waals surface area (Å²) in [5.41, 5.74) is 6.25. The zero-order valence-electron chi connectivity index (χ0n) is 21.5. The largest absolute Gasteiger partial charge is 0.493 e. The predicted molar refractivity (Wildman–Crippen MR) is 152 cm³/mol. The van der Waals surface area contributed by atoms with E-state index in [1.54, 1.807) is 50.6 Å². The number of thioether (sulfide) groups is 2. The molecular formula is C24H26N6O6S3. The Bertz CT molecular complexity index is 1240. The number of benzene rings is 2. The molecule has 0 saturated heterocycles. The molecule has 0 saturated carbocycles. The zero-order chi connectivity index (χ0) is 28.0. The van der Waals surface area contributed by atoms with Crippen molar-refractivity contribution in [1.82, 2.24) is 21.0 Å². The third-order valence-electron chi connectivity index (χ3n) is 4.69. The Hall–Kier alpha value is -3.82. The van der Waals surface area contributed by atoms with E-state index in [9.17, 15) is 9.59 Å². The number of carbonyl (C=O) groups excluding carboxylic acids is 2. The molecule has 1 heterocycles. The first kappa shape index (κ1) is 29.7. The van der Waals surface area contributed by atoms with Gasteiger partial charge in [-0.15, -0.1) is 10.2 Å². The molecule has 0 bridgehead atoms. The molecule has 0 radical (unpaired) electrons. The number of rotatable bonds is 14. The first-order chi connectivity index (χ1) is 19.0. The van der Waals surface area contributed by atoms with E-state index < -0.39 is 0 Å². The van der Waals surface area contributed by atoms with Crippen molar-refractivity contribution in [3.05, 3.63) is 47.5 Å². The van der Waals surface area contributed by atoms with E-state index in [4.69, 9.17) is 18.9 Å². The average molecular weight is 591 g/mol. The molecule has 0 spiro atoms. The number of nitrogens with one attached hydrogen (secondary N) is 2. The lowest BCUT2D eigenvalue weighted by molar-refractivity contribution is -0.119. The highest BCUT2D eigenvalue weighted by Crippen LogP contribution is 2.31. The van der Waals surface area contributed by atoms with Crippen LogP contribution in [-0.4, -0.2) is 74.4 Å². The summed E-state index contributed by atoms with van der Waals surface area (Å²) in [5.74, 6) is 1.72. The molecule has 39 heavy (non-hydrogen) atoms. The number of methoxy groups -OCH3 is 4. The summed E-state index contributed by atoms with van der Waals surface area (Å²) < 4.78 is 22.3. The molecule has 206 valence electrons. The van der Waals surface area contributed by atoms with Gasteiger partial charge in [-0.3, -0.25) is 9.59 Å². The van der Waals surface area contributed by atoms with Crippen molar-refractivity contribution < 1.29 is 28.5 Å². The van der Waals surface area contributed by atoms with Crippen LogP contribution in [0, 0.1) is 0 Å². The monoisotopic (exact) mass is 590 g/mol. The smallest absolute Gasteiger partial charge is 0.250 e. The van der Waals surface area contributed by atoms with Gasteiger partial charge < -0.3 is 18.9 Å². The second-order valence-corrected chi connectivity index (χ2v) is 10.6. The van der Waals surface area contributed by atoms with E-state index in [0.717, 1.165) is 0 Å². The molecule has 0 unspecified atom stereocenters. The fourth-order valence-electron chi connectivity index (χ4n) is 3.01. The molecule has 2 aromatic carbocycles. The van der Waals surface area contributed by atoms with Crippen molar-refractivity contribution in [2.24, 2.45) is 10.2 Å². The number of hydrogen-bond acceptors (Lipinski definition) is 13. The first-order valence-corrected chi connectivity index (χ1v) is 13.9. The third kappa shape index (κ3) is 8.87. The maximum absolute atomic E-state index is 12.2. The fraction of sp³-hybridized carbons (Fsp3) is 0.250. The van der Waals surface area contributed by atoms with Gasteiger partial charge >= 0.3 is 0 Å². The molecule has 0 fully saturated rings. The average Bonchev–Trinajstić information content (AvgIpc) is 3.42. The molecule has 12 nitrogen and oxygen atoms in total. The van der Waals surface area contributed by atoms with Crippen LogP contribution in [-0.2, 0) is 9.59 Å². The SMILES string of the molecule is COc1cccc(C=NNC(=O)CSc2nnc(SCC(=O)NN=Cc3cccc(OC)c3OC)s2)c1OC. The lowest BCUT2D eigenvalue weighted by atomic mass is 10.2. The van der Waals surface area contributed by atoms with Crippen molar-refractivity contribution in [3.8, 4) is 23.0 Å². The van der Waals surface area contributed by atoms with Gasteiger partial charge in [-0.25, -0.2) is 10.9 Å². The molecule has 0 aliphatic heterocycles. The molecule has 2 N–H and O–H groups in total. The van der Waals surface area contributed by atoms with Crippen LogP contribution in [0.4, 0.5) is 0 Å². The number of ether oxygens (including phenoxy) is 4. The summed E-state index contributed by atoms with van der Waals surface area (Å²) in [4.78, 5) is 24.3. The van der Waals surface area contributed by atoms with Gasteiger partial charge in [0, 0.05) is 11.1 Å². The summed E-state index contributed by atoms with van der Waals surface area (Å²) in [7, 11) is 6.14. The molecule has 0 atom stereocenters. The molecule has 1 aromatic heterocycles. The van der Waals surface area contributed by atoms with Gasteiger partial charge in [0.25, 0.3) is 11.8 Å². The summed E-state index contributed by atoms with van der Waals surface area (Å²) in [6.45, 7) is 0. The van der Waals surface area contributed by atoms with Crippen molar-refractivity contribution >= 4 is 59.1 Å². The van der Waals surface area contributed by atoms with Gasteiger partial charge in [-0.1, -0.05) is 47.0 Å². The quantitative estimate of drug-likeness (QED) is 0.163. The van der Waals surface area contributed by atoms with Crippen LogP contribution in [0.25, 0.3) is 0 Å². The number of carbonyl (C=O) groups is 2. The standard InChI is InChI=1S/C24H26N6O6S3/c1-33-17-9-5-7-15(21(17)35-3)11-25-27-19(31)13-37-23-29-30-24(39-23)38-14-20(32)28-26-12-16-8-6-10-18(34-2)22(16)36-4/h5-12H,13-14H2,1-4H3,(H,27,31)(H,28,32). The summed E-state index contributed by atoms with van der Waals surface area (Å²) in [6.07, 6.45) is 2.96. The number of hydrogen-bond donors (Lipinski definition) is 2. The van der Waals surface area contributed by atoms with Gasteiger partial charge in [-0.2, -0.15) is 10.2 Å². The van der Waals surface area contributed by atoms with Crippen molar-refractivity contribution in [1.29, 1.82) is 0 Å². The van der Waals surface area contributed by atoms with Crippen molar-refractivity contribution in [2.45, 2.75) is 8.68 Å². The number of aromatic nitrogens is 2. The number of amides is 2. The van der Waals surface area contributed by atoms with E-state index in [0.29, 0.717) is 42.8 Å². The second-order valence-electron chi connectivity index (χ2n) is 7.16. The lowest BCUT2D eigenvalue weighted by Crippen LogP contribution is -2.19. The van der Waals surface area contributed by atoms with Crippen molar-refractivity contribution in [3.63, 3.8) is 0 Å². The molecule has 2 amide bonds. The molecule has 0 aliphatic carbocycles. The maximum atomic E-state index is 12.2. The Morgan fingerprint density at radius 1 is 0.769 bits per heavy atom. The minimum absolute atomic E-state index is 0.0921. The first-order valence-electron chi connectivity index (χ1n) is 11.1. The topological polar surface area (TPSA) is 146 Å². The maximum Gasteiger partial charge on any atom is 0.250 e. The van der Waals surface area contributed by atoms with E-state index in [1.807, 2.05) is 0 Å². The van der Waals surface area contributed by atoms with Crippen LogP contribution in [0.1, 0.15) is 11.1 Å². The van der Waals surface area contributed by atoms with E-state index >= 15 is 0 Å². The zero-order valence-corrected chi connectivity index (χ0v) is 23.9. The Morgan fingerprint density at radius 3 is 1.59 bits per heavy atom.